The van der Waals surface area contributed by atoms with Crippen molar-refractivity contribution in [2.75, 3.05) is 37.7 Å². The summed E-state index contributed by atoms with van der Waals surface area (Å²) in [7, 11) is 0. The topological polar surface area (TPSA) is 73.2 Å². The molecule has 1 fully saturated rings. The molecule has 0 radical (unpaired) electrons. The van der Waals surface area contributed by atoms with Gasteiger partial charge in [-0.15, -0.1) is 0 Å². The van der Waals surface area contributed by atoms with Crippen LogP contribution in [0.1, 0.15) is 33.6 Å². The highest BCUT2D eigenvalue weighted by Crippen LogP contribution is 2.28. The number of anilines is 1. The van der Waals surface area contributed by atoms with Crippen molar-refractivity contribution in [3.8, 4) is 0 Å². The second-order valence-electron chi connectivity index (χ2n) is 7.81. The van der Waals surface area contributed by atoms with Crippen molar-refractivity contribution < 1.29 is 19.7 Å². The number of rotatable bonds is 5. The van der Waals surface area contributed by atoms with E-state index in [2.05, 4.69) is 20.8 Å². The number of amides is 1. The molecule has 26 heavy (non-hydrogen) atoms. The molecule has 146 valence electrons. The first-order chi connectivity index (χ1) is 12.1. The fourth-order valence-corrected chi connectivity index (χ4v) is 3.29. The maximum atomic E-state index is 12.3. The Balaban J connectivity index is 1.97. The van der Waals surface area contributed by atoms with Crippen LogP contribution in [0.5, 0.6) is 0 Å². The summed E-state index contributed by atoms with van der Waals surface area (Å²) in [6, 6.07) is 8.10. The summed E-state index contributed by atoms with van der Waals surface area (Å²) in [5.74, 6) is 0. The lowest BCUT2D eigenvalue weighted by molar-refractivity contribution is -0.0327. The molecular formula is C19H29BrN2O4. The van der Waals surface area contributed by atoms with E-state index in [0.717, 1.165) is 10.2 Å². The lowest BCUT2D eigenvalue weighted by Gasteiger charge is -2.41. The van der Waals surface area contributed by atoms with Crippen molar-refractivity contribution in [2.45, 2.75) is 44.8 Å². The smallest absolute Gasteiger partial charge is 0.410 e. The Morgan fingerprint density at radius 2 is 1.85 bits per heavy atom. The number of hydrogen-bond acceptors (Lipinski definition) is 5. The normalized spacial score (nSPS) is 17.1. The van der Waals surface area contributed by atoms with Gasteiger partial charge in [0.2, 0.25) is 0 Å². The minimum atomic E-state index is -0.974. The highest BCUT2D eigenvalue weighted by molar-refractivity contribution is 9.10. The molecule has 0 spiro atoms. The molecule has 2 rings (SSSR count). The summed E-state index contributed by atoms with van der Waals surface area (Å²) in [6.45, 7) is 6.96. The fourth-order valence-electron chi connectivity index (χ4n) is 3.03. The average molecular weight is 429 g/mol. The number of carbonyl (C=O) groups is 1. The fraction of sp³-hybridized carbons (Fsp3) is 0.632. The minimum Gasteiger partial charge on any atom is -0.444 e. The van der Waals surface area contributed by atoms with Crippen LogP contribution in [0.2, 0.25) is 0 Å². The summed E-state index contributed by atoms with van der Waals surface area (Å²) in [6.07, 6.45) is 0.594. The van der Waals surface area contributed by atoms with Gasteiger partial charge in [0.05, 0.1) is 18.8 Å². The van der Waals surface area contributed by atoms with Gasteiger partial charge in [-0.1, -0.05) is 15.9 Å². The van der Waals surface area contributed by atoms with Gasteiger partial charge in [0.15, 0.2) is 0 Å². The van der Waals surface area contributed by atoms with Crippen LogP contribution in [-0.2, 0) is 4.74 Å². The molecule has 2 N–H and O–H groups in total. The molecule has 1 aromatic rings. The first-order valence-corrected chi connectivity index (χ1v) is 9.73. The van der Waals surface area contributed by atoms with E-state index in [1.807, 2.05) is 24.3 Å². The van der Waals surface area contributed by atoms with Crippen molar-refractivity contribution in [2.24, 2.45) is 0 Å². The Morgan fingerprint density at radius 3 is 2.35 bits per heavy atom. The lowest BCUT2D eigenvalue weighted by atomic mass is 9.90. The van der Waals surface area contributed by atoms with Crippen molar-refractivity contribution in [3.63, 3.8) is 0 Å². The van der Waals surface area contributed by atoms with Crippen molar-refractivity contribution in [1.82, 2.24) is 4.90 Å². The molecular weight excluding hydrogens is 400 g/mol. The molecule has 1 saturated heterocycles. The Hall–Kier alpha value is -1.31. The molecule has 0 aliphatic carbocycles. The monoisotopic (exact) mass is 428 g/mol. The van der Waals surface area contributed by atoms with Crippen LogP contribution in [0.25, 0.3) is 0 Å². The maximum Gasteiger partial charge on any atom is 0.410 e. The van der Waals surface area contributed by atoms with Crippen molar-refractivity contribution in [1.29, 1.82) is 0 Å². The van der Waals surface area contributed by atoms with Gasteiger partial charge in [0, 0.05) is 29.8 Å². The number of aliphatic hydroxyl groups excluding tert-OH is 1. The molecule has 7 heteroatoms. The molecule has 6 nitrogen and oxygen atoms in total. The van der Waals surface area contributed by atoms with E-state index in [0.29, 0.717) is 25.9 Å². The number of nitrogens with zero attached hydrogens (tertiary/aromatic N) is 2. The number of aliphatic hydroxyl groups is 2. The molecule has 1 amide bonds. The number of benzene rings is 1. The van der Waals surface area contributed by atoms with Gasteiger partial charge >= 0.3 is 6.09 Å². The minimum absolute atomic E-state index is 0.146. The molecule has 1 aliphatic rings. The largest absolute Gasteiger partial charge is 0.444 e. The Kier molecular flexibility index (Phi) is 6.93. The standard InChI is InChI=1S/C19H29BrN2O4/c1-18(2,3)26-17(24)22(12-13-23)14-19(25)8-10-21(11-9-19)16-6-4-15(20)5-7-16/h4-7,23,25H,8-14H2,1-3H3. The van der Waals surface area contributed by atoms with Crippen molar-refractivity contribution >= 4 is 27.7 Å². The molecule has 0 aromatic heterocycles. The Bertz CT molecular complexity index is 593. The Morgan fingerprint density at radius 1 is 1.27 bits per heavy atom. The quantitative estimate of drug-likeness (QED) is 0.753. The second-order valence-corrected chi connectivity index (χ2v) is 8.73. The van der Waals surface area contributed by atoms with E-state index in [9.17, 15) is 15.0 Å². The summed E-state index contributed by atoms with van der Waals surface area (Å²) in [4.78, 5) is 16.0. The Labute approximate surface area is 163 Å². The maximum absolute atomic E-state index is 12.3. The van der Waals surface area contributed by atoms with Gasteiger partial charge in [0.1, 0.15) is 5.60 Å². The summed E-state index contributed by atoms with van der Waals surface area (Å²) >= 11 is 3.44. The zero-order valence-electron chi connectivity index (χ0n) is 15.7. The van der Waals surface area contributed by atoms with Crippen LogP contribution in [0.15, 0.2) is 28.7 Å². The van der Waals surface area contributed by atoms with E-state index in [-0.39, 0.29) is 19.7 Å². The van der Waals surface area contributed by atoms with Crippen molar-refractivity contribution in [3.05, 3.63) is 28.7 Å². The average Bonchev–Trinajstić information content (AvgIpc) is 2.54. The second kappa shape index (κ2) is 8.59. The zero-order valence-corrected chi connectivity index (χ0v) is 17.3. The number of hydrogen-bond donors (Lipinski definition) is 2. The van der Waals surface area contributed by atoms with E-state index in [1.165, 1.54) is 4.90 Å². The van der Waals surface area contributed by atoms with Crippen LogP contribution in [0.4, 0.5) is 10.5 Å². The number of halogens is 1. The molecule has 0 saturated carbocycles. The molecule has 0 unspecified atom stereocenters. The highest BCUT2D eigenvalue weighted by atomic mass is 79.9. The van der Waals surface area contributed by atoms with E-state index in [4.69, 9.17) is 4.74 Å². The predicted molar refractivity (Wildman–Crippen MR) is 105 cm³/mol. The predicted octanol–water partition coefficient (Wildman–Crippen LogP) is 3.01. The molecule has 0 bridgehead atoms. The first-order valence-electron chi connectivity index (χ1n) is 8.94. The first kappa shape index (κ1) is 21.0. The number of ether oxygens (including phenoxy) is 1. The van der Waals surface area contributed by atoms with Gasteiger partial charge < -0.3 is 24.7 Å². The number of carbonyl (C=O) groups excluding carboxylic acids is 1. The summed E-state index contributed by atoms with van der Waals surface area (Å²) < 4.78 is 6.42. The van der Waals surface area contributed by atoms with E-state index < -0.39 is 17.3 Å². The van der Waals surface area contributed by atoms with Gasteiger partial charge in [-0.05, 0) is 57.9 Å². The number of piperidine rings is 1. The van der Waals surface area contributed by atoms with Crippen LogP contribution >= 0.6 is 15.9 Å². The zero-order chi connectivity index (χ0) is 19.4. The molecule has 1 aliphatic heterocycles. The third-order valence-electron chi connectivity index (χ3n) is 4.39. The van der Waals surface area contributed by atoms with Crippen LogP contribution < -0.4 is 4.90 Å². The summed E-state index contributed by atoms with van der Waals surface area (Å²) in [5, 5.41) is 20.2. The molecule has 0 atom stereocenters. The molecule has 1 heterocycles. The third-order valence-corrected chi connectivity index (χ3v) is 4.92. The van der Waals surface area contributed by atoms with Crippen LogP contribution in [0, 0.1) is 0 Å². The lowest BCUT2D eigenvalue weighted by Crippen LogP contribution is -2.53. The van der Waals surface area contributed by atoms with Crippen LogP contribution in [0.3, 0.4) is 0 Å². The van der Waals surface area contributed by atoms with E-state index in [1.54, 1.807) is 20.8 Å². The van der Waals surface area contributed by atoms with E-state index >= 15 is 0 Å². The SMILES string of the molecule is CC(C)(C)OC(=O)N(CCO)CC1(O)CCN(c2ccc(Br)cc2)CC1. The third kappa shape index (κ3) is 6.14. The van der Waals surface area contributed by atoms with Crippen LogP contribution in [-0.4, -0.2) is 65.2 Å². The van der Waals surface area contributed by atoms with Gasteiger partial charge in [0.25, 0.3) is 0 Å². The van der Waals surface area contributed by atoms with Gasteiger partial charge in [-0.25, -0.2) is 4.79 Å². The van der Waals surface area contributed by atoms with Gasteiger partial charge in [-0.3, -0.25) is 0 Å². The highest BCUT2D eigenvalue weighted by Gasteiger charge is 2.36. The summed E-state index contributed by atoms with van der Waals surface area (Å²) in [5.41, 5.74) is -0.467. The molecule has 1 aromatic carbocycles. The van der Waals surface area contributed by atoms with Gasteiger partial charge in [-0.2, -0.15) is 0 Å².